The summed E-state index contributed by atoms with van der Waals surface area (Å²) >= 11 is 0. The van der Waals surface area contributed by atoms with Gasteiger partial charge in [0, 0.05) is 50.4 Å². The third-order valence-electron chi connectivity index (χ3n) is 6.18. The van der Waals surface area contributed by atoms with Crippen molar-refractivity contribution in [2.24, 2.45) is 0 Å². The van der Waals surface area contributed by atoms with Crippen molar-refractivity contribution in [3.05, 3.63) is 51.9 Å². The third kappa shape index (κ3) is 3.99. The Kier molecular flexibility index (Phi) is 5.91. The van der Waals surface area contributed by atoms with Gasteiger partial charge in [0.05, 0.1) is 16.8 Å². The number of rotatable bonds is 6. The molecule has 0 spiro atoms. The molecule has 1 aromatic carbocycles. The van der Waals surface area contributed by atoms with Crippen LogP contribution in [0.4, 0.5) is 0 Å². The van der Waals surface area contributed by atoms with E-state index in [0.717, 1.165) is 49.5 Å². The van der Waals surface area contributed by atoms with Gasteiger partial charge in [0.1, 0.15) is 5.76 Å². The van der Waals surface area contributed by atoms with Crippen LogP contribution in [-0.4, -0.2) is 70.3 Å². The molecule has 1 aromatic heterocycles. The molecule has 0 bridgehead atoms. The summed E-state index contributed by atoms with van der Waals surface area (Å²) in [5, 5.41) is 4.01. The van der Waals surface area contributed by atoms with E-state index in [1.807, 2.05) is 25.7 Å². The van der Waals surface area contributed by atoms with E-state index in [1.165, 1.54) is 4.90 Å². The Morgan fingerprint density at radius 3 is 2.42 bits per heavy atom. The smallest absolute Gasteiger partial charge is 0.261 e. The molecule has 0 aliphatic carbocycles. The van der Waals surface area contributed by atoms with E-state index in [9.17, 15) is 14.4 Å². The van der Waals surface area contributed by atoms with Crippen LogP contribution in [0.3, 0.4) is 0 Å². The van der Waals surface area contributed by atoms with E-state index in [2.05, 4.69) is 10.1 Å². The van der Waals surface area contributed by atoms with E-state index in [-0.39, 0.29) is 17.7 Å². The maximum atomic E-state index is 13.0. The predicted octanol–water partition coefficient (Wildman–Crippen LogP) is 2.65. The first kappa shape index (κ1) is 21.2. The number of carbonyl (C=O) groups excluding carboxylic acids is 3. The first-order valence-corrected chi connectivity index (χ1v) is 10.8. The van der Waals surface area contributed by atoms with Crippen LogP contribution in [0.25, 0.3) is 0 Å². The standard InChI is InChI=1S/C23H28N4O4/c1-4-5-8-27-22(29)18-7-6-17(13-19(18)23(27)30)21(28)26-11-9-25(10-12-26)14-20-15(2)24-31-16(20)3/h6-7,13H,4-5,8-12,14H2,1-3H3. The highest BCUT2D eigenvalue weighted by atomic mass is 16.5. The van der Waals surface area contributed by atoms with E-state index in [1.54, 1.807) is 18.2 Å². The number of aromatic nitrogens is 1. The Morgan fingerprint density at radius 2 is 1.77 bits per heavy atom. The van der Waals surface area contributed by atoms with Gasteiger partial charge in [0.25, 0.3) is 17.7 Å². The fourth-order valence-electron chi connectivity index (χ4n) is 4.19. The fourth-order valence-corrected chi connectivity index (χ4v) is 4.19. The number of hydrogen-bond donors (Lipinski definition) is 0. The number of unbranched alkanes of at least 4 members (excludes halogenated alkanes) is 1. The van der Waals surface area contributed by atoms with E-state index in [4.69, 9.17) is 4.52 Å². The van der Waals surface area contributed by atoms with Gasteiger partial charge < -0.3 is 9.42 Å². The Bertz CT molecular complexity index is 1000. The van der Waals surface area contributed by atoms with Crippen LogP contribution in [-0.2, 0) is 6.54 Å². The van der Waals surface area contributed by atoms with Gasteiger partial charge in [-0.05, 0) is 38.5 Å². The van der Waals surface area contributed by atoms with E-state index < -0.39 is 0 Å². The minimum absolute atomic E-state index is 0.105. The molecule has 0 radical (unpaired) electrons. The summed E-state index contributed by atoms with van der Waals surface area (Å²) in [6, 6.07) is 4.86. The molecule has 2 aliphatic heterocycles. The number of nitrogens with zero attached hydrogens (tertiary/aromatic N) is 4. The molecule has 0 saturated carbocycles. The molecule has 1 saturated heterocycles. The Morgan fingerprint density at radius 1 is 1.06 bits per heavy atom. The van der Waals surface area contributed by atoms with Crippen LogP contribution >= 0.6 is 0 Å². The number of benzene rings is 1. The number of aryl methyl sites for hydroxylation is 2. The summed E-state index contributed by atoms with van der Waals surface area (Å²) in [6.07, 6.45) is 1.68. The van der Waals surface area contributed by atoms with Gasteiger partial charge in [-0.3, -0.25) is 24.2 Å². The van der Waals surface area contributed by atoms with Gasteiger partial charge in [0.15, 0.2) is 0 Å². The topological polar surface area (TPSA) is 87.0 Å². The monoisotopic (exact) mass is 424 g/mol. The van der Waals surface area contributed by atoms with Crippen LogP contribution in [0.2, 0.25) is 0 Å². The molecule has 4 rings (SSSR count). The number of imide groups is 1. The predicted molar refractivity (Wildman–Crippen MR) is 114 cm³/mol. The molecular weight excluding hydrogens is 396 g/mol. The zero-order valence-corrected chi connectivity index (χ0v) is 18.3. The van der Waals surface area contributed by atoms with Crippen LogP contribution in [0, 0.1) is 13.8 Å². The summed E-state index contributed by atoms with van der Waals surface area (Å²) in [5.74, 6) is 0.168. The summed E-state index contributed by atoms with van der Waals surface area (Å²) in [6.45, 7) is 9.76. The lowest BCUT2D eigenvalue weighted by molar-refractivity contribution is 0.0626. The van der Waals surface area contributed by atoms with Crippen molar-refractivity contribution >= 4 is 17.7 Å². The molecule has 2 aliphatic rings. The molecule has 2 aromatic rings. The van der Waals surface area contributed by atoms with E-state index >= 15 is 0 Å². The second kappa shape index (κ2) is 8.63. The highest BCUT2D eigenvalue weighted by Gasteiger charge is 2.36. The number of piperazine rings is 1. The summed E-state index contributed by atoms with van der Waals surface area (Å²) < 4.78 is 5.24. The quantitative estimate of drug-likeness (QED) is 0.663. The lowest BCUT2D eigenvalue weighted by Crippen LogP contribution is -2.48. The van der Waals surface area contributed by atoms with Crippen molar-refractivity contribution in [1.82, 2.24) is 19.9 Å². The van der Waals surface area contributed by atoms with Gasteiger partial charge in [0.2, 0.25) is 0 Å². The molecule has 8 heteroatoms. The zero-order chi connectivity index (χ0) is 22.1. The minimum atomic E-state index is -0.299. The van der Waals surface area contributed by atoms with Crippen LogP contribution < -0.4 is 0 Å². The average Bonchev–Trinajstić information content (AvgIpc) is 3.22. The molecule has 0 unspecified atom stereocenters. The largest absolute Gasteiger partial charge is 0.361 e. The molecule has 3 heterocycles. The highest BCUT2D eigenvalue weighted by molar-refractivity contribution is 6.22. The minimum Gasteiger partial charge on any atom is -0.361 e. The Labute approximate surface area is 181 Å². The third-order valence-corrected chi connectivity index (χ3v) is 6.18. The molecule has 3 amide bonds. The van der Waals surface area contributed by atoms with Crippen molar-refractivity contribution in [2.45, 2.75) is 40.2 Å². The van der Waals surface area contributed by atoms with Gasteiger partial charge in [-0.2, -0.15) is 0 Å². The van der Waals surface area contributed by atoms with E-state index in [0.29, 0.717) is 36.3 Å². The van der Waals surface area contributed by atoms with Gasteiger partial charge in [-0.25, -0.2) is 0 Å². The second-order valence-corrected chi connectivity index (χ2v) is 8.25. The van der Waals surface area contributed by atoms with Gasteiger partial charge in [-0.1, -0.05) is 18.5 Å². The highest BCUT2D eigenvalue weighted by Crippen LogP contribution is 2.25. The van der Waals surface area contributed by atoms with Crippen LogP contribution in [0.1, 0.15) is 67.9 Å². The maximum Gasteiger partial charge on any atom is 0.261 e. The SMILES string of the molecule is CCCCN1C(=O)c2ccc(C(=O)N3CCN(Cc4c(C)noc4C)CC3)cc2C1=O. The molecule has 0 N–H and O–H groups in total. The molecule has 1 fully saturated rings. The maximum absolute atomic E-state index is 13.0. The number of amides is 3. The molecule has 164 valence electrons. The van der Waals surface area contributed by atoms with Gasteiger partial charge >= 0.3 is 0 Å². The summed E-state index contributed by atoms with van der Waals surface area (Å²) in [5.41, 5.74) is 3.19. The second-order valence-electron chi connectivity index (χ2n) is 8.25. The van der Waals surface area contributed by atoms with Crippen molar-refractivity contribution in [3.63, 3.8) is 0 Å². The molecule has 0 atom stereocenters. The molecular formula is C23H28N4O4. The van der Waals surface area contributed by atoms with Crippen LogP contribution in [0.5, 0.6) is 0 Å². The Hall–Kier alpha value is -3.00. The molecule has 8 nitrogen and oxygen atoms in total. The fraction of sp³-hybridized carbons (Fsp3) is 0.478. The number of fused-ring (bicyclic) bond motifs is 1. The summed E-state index contributed by atoms with van der Waals surface area (Å²) in [7, 11) is 0. The van der Waals surface area contributed by atoms with Crippen molar-refractivity contribution in [2.75, 3.05) is 32.7 Å². The van der Waals surface area contributed by atoms with Crippen molar-refractivity contribution < 1.29 is 18.9 Å². The van der Waals surface area contributed by atoms with Crippen molar-refractivity contribution in [1.29, 1.82) is 0 Å². The average molecular weight is 425 g/mol. The first-order valence-electron chi connectivity index (χ1n) is 10.8. The van der Waals surface area contributed by atoms with Gasteiger partial charge in [-0.15, -0.1) is 0 Å². The number of carbonyl (C=O) groups is 3. The Balaban J connectivity index is 1.41. The number of hydrogen-bond acceptors (Lipinski definition) is 6. The summed E-state index contributed by atoms with van der Waals surface area (Å²) in [4.78, 5) is 43.6. The van der Waals surface area contributed by atoms with Crippen molar-refractivity contribution in [3.8, 4) is 0 Å². The van der Waals surface area contributed by atoms with Crippen LogP contribution in [0.15, 0.2) is 22.7 Å². The zero-order valence-electron chi connectivity index (χ0n) is 18.3. The normalized spacial score (nSPS) is 16.9. The first-order chi connectivity index (χ1) is 14.9. The molecule has 31 heavy (non-hydrogen) atoms. The lowest BCUT2D eigenvalue weighted by Gasteiger charge is -2.34. The lowest BCUT2D eigenvalue weighted by atomic mass is 10.0.